The fourth-order valence-corrected chi connectivity index (χ4v) is 4.50. The van der Waals surface area contributed by atoms with E-state index in [2.05, 4.69) is 12.1 Å². The maximum Gasteiger partial charge on any atom is 0.352 e. The Hall–Kier alpha value is -2.82. The first-order valence-corrected chi connectivity index (χ1v) is 8.30. The molecule has 5 heteroatoms. The second-order valence-corrected chi connectivity index (χ2v) is 6.69. The van der Waals surface area contributed by atoms with Gasteiger partial charge in [-0.3, -0.25) is 0 Å². The van der Waals surface area contributed by atoms with Crippen molar-refractivity contribution in [2.24, 2.45) is 0 Å². The van der Waals surface area contributed by atoms with E-state index in [1.165, 1.54) is 4.57 Å². The van der Waals surface area contributed by atoms with Crippen LogP contribution in [0.3, 0.4) is 0 Å². The van der Waals surface area contributed by atoms with Crippen molar-refractivity contribution in [3.8, 4) is 5.69 Å². The first-order valence-electron chi connectivity index (χ1n) is 8.30. The molecule has 0 radical (unpaired) electrons. The molecule has 120 valence electrons. The third-order valence-corrected chi connectivity index (χ3v) is 5.52. The van der Waals surface area contributed by atoms with Crippen LogP contribution < -0.4 is 11.4 Å². The van der Waals surface area contributed by atoms with E-state index in [1.807, 2.05) is 36.4 Å². The minimum atomic E-state index is -0.387. The third-order valence-electron chi connectivity index (χ3n) is 5.52. The number of nitrogens with zero attached hydrogens (tertiary/aromatic N) is 3. The highest BCUT2D eigenvalue weighted by Gasteiger charge is 2.53. The van der Waals surface area contributed by atoms with Gasteiger partial charge in [-0.2, -0.15) is 0 Å². The average molecular weight is 319 g/mol. The molecule has 1 fully saturated rings. The maximum atomic E-state index is 13.2. The van der Waals surface area contributed by atoms with Crippen LogP contribution in [0.1, 0.15) is 30.9 Å². The highest BCUT2D eigenvalue weighted by molar-refractivity contribution is 5.33. The standard InChI is InChI=1S/C19H17N3O2/c23-17-20(15-9-5-2-6-10-15)18(24)22-19(14-7-3-1-4-8-14)12-11-16(13-19)21(17)22/h1-10,16H,11-13H2. The van der Waals surface area contributed by atoms with E-state index in [4.69, 9.17) is 0 Å². The molecule has 2 aliphatic rings. The molecule has 24 heavy (non-hydrogen) atoms. The molecule has 1 aliphatic carbocycles. The van der Waals surface area contributed by atoms with Crippen molar-refractivity contribution in [3.63, 3.8) is 0 Å². The quantitative estimate of drug-likeness (QED) is 0.727. The zero-order chi connectivity index (χ0) is 16.3. The van der Waals surface area contributed by atoms with Gasteiger partial charge in [0.1, 0.15) is 0 Å². The summed E-state index contributed by atoms with van der Waals surface area (Å²) in [4.78, 5) is 26.1. The Morgan fingerprint density at radius 1 is 0.875 bits per heavy atom. The second-order valence-electron chi connectivity index (χ2n) is 6.69. The normalized spacial score (nSPS) is 24.2. The summed E-state index contributed by atoms with van der Waals surface area (Å²) in [6, 6.07) is 19.4. The molecular weight excluding hydrogens is 302 g/mol. The summed E-state index contributed by atoms with van der Waals surface area (Å²) in [5, 5.41) is 0. The van der Waals surface area contributed by atoms with Crippen LogP contribution in [0.2, 0.25) is 0 Å². The number of benzene rings is 2. The van der Waals surface area contributed by atoms with Crippen molar-refractivity contribution in [1.82, 2.24) is 13.9 Å². The molecule has 2 bridgehead atoms. The monoisotopic (exact) mass is 319 g/mol. The van der Waals surface area contributed by atoms with E-state index in [9.17, 15) is 9.59 Å². The largest absolute Gasteiger partial charge is 0.352 e. The van der Waals surface area contributed by atoms with Gasteiger partial charge in [-0.05, 0) is 37.0 Å². The van der Waals surface area contributed by atoms with Gasteiger partial charge >= 0.3 is 11.4 Å². The van der Waals surface area contributed by atoms with Gasteiger partial charge in [-0.1, -0.05) is 48.5 Å². The molecule has 1 aliphatic heterocycles. The van der Waals surface area contributed by atoms with Gasteiger partial charge in [0, 0.05) is 0 Å². The fourth-order valence-electron chi connectivity index (χ4n) is 4.50. The lowest BCUT2D eigenvalue weighted by Gasteiger charge is -2.29. The van der Waals surface area contributed by atoms with Gasteiger partial charge < -0.3 is 0 Å². The van der Waals surface area contributed by atoms with E-state index in [0.29, 0.717) is 5.69 Å². The minimum absolute atomic E-state index is 0.107. The highest BCUT2D eigenvalue weighted by atomic mass is 16.2. The summed E-state index contributed by atoms with van der Waals surface area (Å²) in [7, 11) is 0. The summed E-state index contributed by atoms with van der Waals surface area (Å²) < 4.78 is 4.70. The summed E-state index contributed by atoms with van der Waals surface area (Å²) in [5.41, 5.74) is 0.892. The molecule has 2 atom stereocenters. The van der Waals surface area contributed by atoms with Gasteiger partial charge in [0.15, 0.2) is 0 Å². The molecule has 2 aromatic carbocycles. The second kappa shape index (κ2) is 4.60. The summed E-state index contributed by atoms with van der Waals surface area (Å²) in [5.74, 6) is 0. The summed E-state index contributed by atoms with van der Waals surface area (Å²) in [6.07, 6.45) is 2.67. The maximum absolute atomic E-state index is 13.2. The number of para-hydroxylation sites is 1. The van der Waals surface area contributed by atoms with Gasteiger partial charge in [0.25, 0.3) is 0 Å². The third kappa shape index (κ3) is 1.54. The number of fused-ring (bicyclic) bond motifs is 5. The van der Waals surface area contributed by atoms with Crippen LogP contribution in [-0.2, 0) is 5.54 Å². The molecular formula is C19H17N3O2. The molecule has 1 aromatic heterocycles. The van der Waals surface area contributed by atoms with Crippen molar-refractivity contribution in [3.05, 3.63) is 87.2 Å². The predicted molar refractivity (Wildman–Crippen MR) is 90.7 cm³/mol. The Morgan fingerprint density at radius 3 is 2.25 bits per heavy atom. The zero-order valence-corrected chi connectivity index (χ0v) is 13.1. The van der Waals surface area contributed by atoms with Gasteiger partial charge in [-0.25, -0.2) is 23.5 Å². The first kappa shape index (κ1) is 13.6. The first-order chi connectivity index (χ1) is 11.7. The van der Waals surface area contributed by atoms with E-state index in [0.717, 1.165) is 24.8 Å². The number of aromatic nitrogens is 3. The van der Waals surface area contributed by atoms with E-state index < -0.39 is 0 Å². The molecule has 3 aromatic rings. The van der Waals surface area contributed by atoms with E-state index in [1.54, 1.807) is 21.5 Å². The zero-order valence-electron chi connectivity index (χ0n) is 13.1. The van der Waals surface area contributed by atoms with Gasteiger partial charge in [0.05, 0.1) is 17.3 Å². The lowest BCUT2D eigenvalue weighted by molar-refractivity contribution is 0.299. The van der Waals surface area contributed by atoms with E-state index in [-0.39, 0.29) is 23.0 Å². The Kier molecular flexibility index (Phi) is 2.61. The Labute approximate surface area is 138 Å². The fraction of sp³-hybridized carbons (Fsp3) is 0.263. The molecule has 5 nitrogen and oxygen atoms in total. The van der Waals surface area contributed by atoms with E-state index >= 15 is 0 Å². The molecule has 0 saturated heterocycles. The molecule has 5 rings (SSSR count). The number of hydrogen-bond acceptors (Lipinski definition) is 2. The topological polar surface area (TPSA) is 48.9 Å². The lowest BCUT2D eigenvalue weighted by Crippen LogP contribution is -2.41. The van der Waals surface area contributed by atoms with Crippen LogP contribution in [0.15, 0.2) is 70.3 Å². The molecule has 0 spiro atoms. The Bertz CT molecular complexity index is 1030. The van der Waals surface area contributed by atoms with Gasteiger partial charge in [-0.15, -0.1) is 0 Å². The Morgan fingerprint density at radius 2 is 1.54 bits per heavy atom. The molecule has 0 amide bonds. The van der Waals surface area contributed by atoms with Crippen LogP contribution in [0, 0.1) is 0 Å². The number of rotatable bonds is 2. The van der Waals surface area contributed by atoms with Crippen molar-refractivity contribution in [2.45, 2.75) is 30.8 Å². The van der Waals surface area contributed by atoms with Crippen molar-refractivity contribution in [1.29, 1.82) is 0 Å². The van der Waals surface area contributed by atoms with Crippen LogP contribution in [0.5, 0.6) is 0 Å². The van der Waals surface area contributed by atoms with Crippen LogP contribution in [-0.4, -0.2) is 13.9 Å². The highest BCUT2D eigenvalue weighted by Crippen LogP contribution is 2.51. The van der Waals surface area contributed by atoms with Crippen LogP contribution in [0.4, 0.5) is 0 Å². The van der Waals surface area contributed by atoms with Crippen LogP contribution in [0.25, 0.3) is 5.69 Å². The predicted octanol–water partition coefficient (Wildman–Crippen LogP) is 2.28. The number of hydrogen-bond donors (Lipinski definition) is 0. The summed E-state index contributed by atoms with van der Waals surface area (Å²) >= 11 is 0. The minimum Gasteiger partial charge on any atom is -0.245 e. The Balaban J connectivity index is 1.82. The molecule has 2 heterocycles. The average Bonchev–Trinajstić information content (AvgIpc) is 3.28. The lowest BCUT2D eigenvalue weighted by atomic mass is 9.89. The SMILES string of the molecule is O=c1n(-c2ccccc2)c(=O)n2n1C1CCC2(c2ccccc2)C1. The van der Waals surface area contributed by atoms with Crippen molar-refractivity contribution in [2.75, 3.05) is 0 Å². The van der Waals surface area contributed by atoms with Crippen LogP contribution >= 0.6 is 0 Å². The molecule has 2 unspecified atom stereocenters. The summed E-state index contributed by atoms with van der Waals surface area (Å²) in [6.45, 7) is 0. The van der Waals surface area contributed by atoms with Crippen molar-refractivity contribution < 1.29 is 0 Å². The van der Waals surface area contributed by atoms with Crippen molar-refractivity contribution >= 4 is 0 Å². The molecule has 1 saturated carbocycles. The van der Waals surface area contributed by atoms with Gasteiger partial charge in [0.2, 0.25) is 0 Å². The molecule has 0 N–H and O–H groups in total. The smallest absolute Gasteiger partial charge is 0.245 e.